The van der Waals surface area contributed by atoms with E-state index in [9.17, 15) is 0 Å². The van der Waals surface area contributed by atoms with E-state index in [1.165, 1.54) is 16.1 Å². The van der Waals surface area contributed by atoms with Crippen molar-refractivity contribution in [3.05, 3.63) is 45.9 Å². The molecule has 0 saturated heterocycles. The maximum absolute atomic E-state index is 4.31. The van der Waals surface area contributed by atoms with Crippen molar-refractivity contribution in [1.29, 1.82) is 0 Å². The number of aryl methyl sites for hydroxylation is 1. The molecule has 2 rings (SSSR count). The van der Waals surface area contributed by atoms with Crippen LogP contribution in [-0.2, 0) is 13.1 Å². The maximum Gasteiger partial charge on any atom is 0.0798 e. The number of rotatable bonds is 5. The average molecular weight is 303 g/mol. The van der Waals surface area contributed by atoms with E-state index >= 15 is 0 Å². The largest absolute Gasteiger partial charge is 0.369 e. The van der Waals surface area contributed by atoms with Crippen molar-refractivity contribution in [2.45, 2.75) is 46.3 Å². The summed E-state index contributed by atoms with van der Waals surface area (Å²) < 4.78 is 0. The first-order valence-electron chi connectivity index (χ1n) is 7.29. The summed E-state index contributed by atoms with van der Waals surface area (Å²) in [6.45, 7) is 10.4. The summed E-state index contributed by atoms with van der Waals surface area (Å²) in [4.78, 5) is 7.90. The molecule has 1 aromatic heterocycles. The summed E-state index contributed by atoms with van der Waals surface area (Å²) in [5.74, 6) is 0. The van der Waals surface area contributed by atoms with E-state index in [0.29, 0.717) is 0 Å². The third-order valence-electron chi connectivity index (χ3n) is 3.43. The summed E-state index contributed by atoms with van der Waals surface area (Å²) >= 11 is 1.72. The molecule has 2 aromatic rings. The van der Waals surface area contributed by atoms with Gasteiger partial charge in [-0.1, -0.05) is 12.1 Å². The minimum Gasteiger partial charge on any atom is -0.369 e. The Labute approximate surface area is 132 Å². The van der Waals surface area contributed by atoms with Gasteiger partial charge >= 0.3 is 0 Å². The number of thiazole rings is 1. The summed E-state index contributed by atoms with van der Waals surface area (Å²) in [6, 6.07) is 8.78. The molecule has 114 valence electrons. The molecule has 1 aromatic carbocycles. The Morgan fingerprint density at radius 2 is 1.86 bits per heavy atom. The quantitative estimate of drug-likeness (QED) is 0.905. The SMILES string of the molecule is Cc1ncsc1CN(C)c1ccc(CNC(C)(C)C)cc1. The van der Waals surface area contributed by atoms with Crippen LogP contribution in [-0.4, -0.2) is 17.6 Å². The zero-order valence-corrected chi connectivity index (χ0v) is 14.4. The number of hydrogen-bond donors (Lipinski definition) is 1. The highest BCUT2D eigenvalue weighted by Crippen LogP contribution is 2.20. The van der Waals surface area contributed by atoms with E-state index in [4.69, 9.17) is 0 Å². The van der Waals surface area contributed by atoms with Crippen molar-refractivity contribution < 1.29 is 0 Å². The second-order valence-corrected chi connectivity index (χ2v) is 7.43. The van der Waals surface area contributed by atoms with Gasteiger partial charge in [0.05, 0.1) is 17.7 Å². The van der Waals surface area contributed by atoms with Gasteiger partial charge in [-0.2, -0.15) is 0 Å². The number of anilines is 1. The Morgan fingerprint density at radius 3 is 2.38 bits per heavy atom. The molecular weight excluding hydrogens is 278 g/mol. The van der Waals surface area contributed by atoms with Gasteiger partial charge in [-0.15, -0.1) is 11.3 Å². The molecule has 21 heavy (non-hydrogen) atoms. The zero-order chi connectivity index (χ0) is 15.5. The fourth-order valence-corrected chi connectivity index (χ4v) is 2.85. The molecule has 0 amide bonds. The topological polar surface area (TPSA) is 28.2 Å². The lowest BCUT2D eigenvalue weighted by Crippen LogP contribution is -2.35. The van der Waals surface area contributed by atoms with Crippen LogP contribution in [0, 0.1) is 6.92 Å². The molecule has 3 nitrogen and oxygen atoms in total. The van der Waals surface area contributed by atoms with Gasteiger partial charge in [-0.05, 0) is 45.4 Å². The van der Waals surface area contributed by atoms with Gasteiger partial charge in [0.15, 0.2) is 0 Å². The predicted octanol–water partition coefficient (Wildman–Crippen LogP) is 3.98. The molecule has 1 heterocycles. The first-order chi connectivity index (χ1) is 9.85. The first kappa shape index (κ1) is 16.0. The van der Waals surface area contributed by atoms with Crippen LogP contribution in [0.4, 0.5) is 5.69 Å². The first-order valence-corrected chi connectivity index (χ1v) is 8.17. The molecular formula is C17H25N3S. The number of hydrogen-bond acceptors (Lipinski definition) is 4. The Bertz CT molecular complexity index is 566. The standard InChI is InChI=1S/C17H25N3S/c1-13-16(21-12-18-13)11-20(5)15-8-6-14(7-9-15)10-19-17(2,3)4/h6-9,12,19H,10-11H2,1-5H3. The van der Waals surface area contributed by atoms with E-state index in [1.807, 2.05) is 5.51 Å². The van der Waals surface area contributed by atoms with Crippen LogP contribution in [0.25, 0.3) is 0 Å². The van der Waals surface area contributed by atoms with Crippen molar-refractivity contribution in [1.82, 2.24) is 10.3 Å². The number of aromatic nitrogens is 1. The molecule has 0 aliphatic heterocycles. The second-order valence-electron chi connectivity index (χ2n) is 6.49. The van der Waals surface area contributed by atoms with Crippen LogP contribution >= 0.6 is 11.3 Å². The van der Waals surface area contributed by atoms with Gasteiger partial charge in [0.2, 0.25) is 0 Å². The van der Waals surface area contributed by atoms with Crippen molar-refractivity contribution >= 4 is 17.0 Å². The van der Waals surface area contributed by atoms with Gasteiger partial charge < -0.3 is 10.2 Å². The summed E-state index contributed by atoms with van der Waals surface area (Å²) in [6.07, 6.45) is 0. The van der Waals surface area contributed by atoms with Gasteiger partial charge in [0.1, 0.15) is 0 Å². The second kappa shape index (κ2) is 6.58. The van der Waals surface area contributed by atoms with E-state index in [1.54, 1.807) is 11.3 Å². The van der Waals surface area contributed by atoms with Crippen LogP contribution in [0.5, 0.6) is 0 Å². The average Bonchev–Trinajstić information content (AvgIpc) is 2.82. The van der Waals surface area contributed by atoms with Gasteiger partial charge in [-0.3, -0.25) is 0 Å². The van der Waals surface area contributed by atoms with Crippen LogP contribution in [0.3, 0.4) is 0 Å². The van der Waals surface area contributed by atoms with Crippen molar-refractivity contribution in [3.8, 4) is 0 Å². The van der Waals surface area contributed by atoms with E-state index in [2.05, 4.69) is 74.2 Å². The third-order valence-corrected chi connectivity index (χ3v) is 4.35. The normalized spacial score (nSPS) is 11.7. The highest BCUT2D eigenvalue weighted by molar-refractivity contribution is 7.09. The van der Waals surface area contributed by atoms with Crippen LogP contribution in [0.15, 0.2) is 29.8 Å². The number of nitrogens with one attached hydrogen (secondary N) is 1. The van der Waals surface area contributed by atoms with Gasteiger partial charge in [0, 0.05) is 29.7 Å². The van der Waals surface area contributed by atoms with Crippen molar-refractivity contribution in [2.24, 2.45) is 0 Å². The maximum atomic E-state index is 4.31. The Morgan fingerprint density at radius 1 is 1.19 bits per heavy atom. The minimum absolute atomic E-state index is 0.152. The number of nitrogens with zero attached hydrogens (tertiary/aromatic N) is 2. The third kappa shape index (κ3) is 4.83. The molecule has 0 aliphatic rings. The minimum atomic E-state index is 0.152. The van der Waals surface area contributed by atoms with Crippen molar-refractivity contribution in [2.75, 3.05) is 11.9 Å². The number of benzene rings is 1. The predicted molar refractivity (Wildman–Crippen MR) is 92.0 cm³/mol. The van der Waals surface area contributed by atoms with Crippen LogP contribution < -0.4 is 10.2 Å². The monoisotopic (exact) mass is 303 g/mol. The molecule has 0 radical (unpaired) electrons. The van der Waals surface area contributed by atoms with Gasteiger partial charge in [-0.25, -0.2) is 4.98 Å². The zero-order valence-electron chi connectivity index (χ0n) is 13.6. The molecule has 0 fully saturated rings. The van der Waals surface area contributed by atoms with E-state index < -0.39 is 0 Å². The fourth-order valence-electron chi connectivity index (χ4n) is 2.02. The van der Waals surface area contributed by atoms with Crippen LogP contribution in [0.1, 0.15) is 36.9 Å². The Kier molecular flexibility index (Phi) is 5.01. The van der Waals surface area contributed by atoms with E-state index in [-0.39, 0.29) is 5.54 Å². The Hall–Kier alpha value is -1.39. The van der Waals surface area contributed by atoms with E-state index in [0.717, 1.165) is 18.8 Å². The molecule has 0 saturated carbocycles. The summed E-state index contributed by atoms with van der Waals surface area (Å²) in [5, 5.41) is 3.51. The lowest BCUT2D eigenvalue weighted by Gasteiger charge is -2.22. The highest BCUT2D eigenvalue weighted by Gasteiger charge is 2.09. The molecule has 0 bridgehead atoms. The lowest BCUT2D eigenvalue weighted by molar-refractivity contribution is 0.424. The molecule has 0 unspecified atom stereocenters. The highest BCUT2D eigenvalue weighted by atomic mass is 32.1. The summed E-state index contributed by atoms with van der Waals surface area (Å²) in [7, 11) is 2.13. The molecule has 4 heteroatoms. The molecule has 0 atom stereocenters. The van der Waals surface area contributed by atoms with Gasteiger partial charge in [0.25, 0.3) is 0 Å². The molecule has 1 N–H and O–H groups in total. The lowest BCUT2D eigenvalue weighted by atomic mass is 10.1. The summed E-state index contributed by atoms with van der Waals surface area (Å²) in [5.41, 5.74) is 5.76. The molecule has 0 spiro atoms. The Balaban J connectivity index is 1.96. The fraction of sp³-hybridized carbons (Fsp3) is 0.471. The van der Waals surface area contributed by atoms with Crippen molar-refractivity contribution in [3.63, 3.8) is 0 Å². The molecule has 0 aliphatic carbocycles. The van der Waals surface area contributed by atoms with Crippen LogP contribution in [0.2, 0.25) is 0 Å². The smallest absolute Gasteiger partial charge is 0.0798 e.